The van der Waals surface area contributed by atoms with E-state index in [4.69, 9.17) is 0 Å². The molecule has 158 valence electrons. The second-order valence-electron chi connectivity index (χ2n) is 8.64. The Morgan fingerprint density at radius 2 is 1.90 bits per heavy atom. The molecule has 1 N–H and O–H groups in total. The van der Waals surface area contributed by atoms with Crippen molar-refractivity contribution >= 4 is 12.0 Å². The topological polar surface area (TPSA) is 64.1 Å². The first-order chi connectivity index (χ1) is 14.0. The van der Waals surface area contributed by atoms with Crippen LogP contribution in [0.5, 0.6) is 0 Å². The van der Waals surface area contributed by atoms with Crippen LogP contribution >= 0.6 is 0 Å². The van der Waals surface area contributed by atoms with Crippen LogP contribution in [0.25, 0.3) is 0 Å². The fourth-order valence-electron chi connectivity index (χ4n) is 5.18. The zero-order chi connectivity index (χ0) is 20.4. The van der Waals surface area contributed by atoms with Crippen LogP contribution in [-0.4, -0.2) is 76.1 Å². The van der Waals surface area contributed by atoms with Gasteiger partial charge in [-0.2, -0.15) is 0 Å². The summed E-state index contributed by atoms with van der Waals surface area (Å²) in [5.41, 5.74) is -0.469. The summed E-state index contributed by atoms with van der Waals surface area (Å²) in [5, 5.41) is 9.81. The molecular formula is C22H30FN3O3. The highest BCUT2D eigenvalue weighted by Crippen LogP contribution is 2.36. The van der Waals surface area contributed by atoms with Gasteiger partial charge in [-0.3, -0.25) is 14.6 Å². The summed E-state index contributed by atoms with van der Waals surface area (Å²) in [7, 11) is 0. The first-order valence-corrected chi connectivity index (χ1v) is 10.8. The molecular weight excluding hydrogens is 373 g/mol. The number of hydrogen-bond acceptors (Lipinski definition) is 3. The molecule has 1 aromatic rings. The van der Waals surface area contributed by atoms with Gasteiger partial charge in [0.2, 0.25) is 5.91 Å². The zero-order valence-electron chi connectivity index (χ0n) is 16.9. The quantitative estimate of drug-likeness (QED) is 0.840. The van der Waals surface area contributed by atoms with Gasteiger partial charge in [0, 0.05) is 45.2 Å². The van der Waals surface area contributed by atoms with Crippen LogP contribution in [0, 0.1) is 5.82 Å². The van der Waals surface area contributed by atoms with Gasteiger partial charge in [0.25, 0.3) is 0 Å². The lowest BCUT2D eigenvalue weighted by Crippen LogP contribution is -2.60. The number of halogens is 1. The largest absolute Gasteiger partial charge is 0.465 e. The van der Waals surface area contributed by atoms with Crippen LogP contribution in [-0.2, 0) is 11.2 Å². The lowest BCUT2D eigenvalue weighted by molar-refractivity contribution is -0.142. The van der Waals surface area contributed by atoms with E-state index in [9.17, 15) is 19.1 Å². The third-order valence-electron chi connectivity index (χ3n) is 6.91. The van der Waals surface area contributed by atoms with Crippen molar-refractivity contribution in [2.75, 3.05) is 32.7 Å². The van der Waals surface area contributed by atoms with Gasteiger partial charge >= 0.3 is 6.09 Å². The highest BCUT2D eigenvalue weighted by molar-refractivity contribution is 5.90. The van der Waals surface area contributed by atoms with E-state index >= 15 is 0 Å². The van der Waals surface area contributed by atoms with Crippen LogP contribution < -0.4 is 0 Å². The molecule has 2 heterocycles. The zero-order valence-corrected chi connectivity index (χ0v) is 16.9. The molecule has 3 aliphatic rings. The van der Waals surface area contributed by atoms with Crippen molar-refractivity contribution in [3.63, 3.8) is 0 Å². The molecule has 2 aliphatic heterocycles. The molecule has 0 aromatic heterocycles. The predicted molar refractivity (Wildman–Crippen MR) is 107 cm³/mol. The highest BCUT2D eigenvalue weighted by atomic mass is 19.1. The number of rotatable bonds is 4. The summed E-state index contributed by atoms with van der Waals surface area (Å²) in [4.78, 5) is 31.4. The van der Waals surface area contributed by atoms with Crippen molar-refractivity contribution < 1.29 is 19.1 Å². The molecule has 1 aliphatic carbocycles. The Balaban J connectivity index is 1.57. The van der Waals surface area contributed by atoms with E-state index in [2.05, 4.69) is 4.90 Å². The highest BCUT2D eigenvalue weighted by Gasteiger charge is 2.51. The van der Waals surface area contributed by atoms with E-state index in [0.29, 0.717) is 44.1 Å². The Bertz CT molecular complexity index is 769. The van der Waals surface area contributed by atoms with E-state index < -0.39 is 11.6 Å². The average molecular weight is 403 g/mol. The molecule has 6 nitrogen and oxygen atoms in total. The number of carbonyl (C=O) groups is 2. The number of carboxylic acid groups (broad SMARTS) is 1. The molecule has 3 fully saturated rings. The summed E-state index contributed by atoms with van der Waals surface area (Å²) in [5.74, 6) is -0.479. The second kappa shape index (κ2) is 8.30. The molecule has 0 bridgehead atoms. The predicted octanol–water partition coefficient (Wildman–Crippen LogP) is 2.97. The minimum atomic E-state index is -1.13. The first-order valence-electron chi connectivity index (χ1n) is 10.8. The van der Waals surface area contributed by atoms with Gasteiger partial charge < -0.3 is 10.0 Å². The molecule has 7 heteroatoms. The summed E-state index contributed by atoms with van der Waals surface area (Å²) < 4.78 is 13.8. The van der Waals surface area contributed by atoms with E-state index in [1.54, 1.807) is 12.1 Å². The van der Waals surface area contributed by atoms with Crippen molar-refractivity contribution in [1.82, 2.24) is 14.7 Å². The number of benzene rings is 1. The lowest BCUT2D eigenvalue weighted by Gasteiger charge is -2.40. The molecule has 1 atom stereocenters. The minimum Gasteiger partial charge on any atom is -0.465 e. The molecule has 0 radical (unpaired) electrons. The van der Waals surface area contributed by atoms with Crippen LogP contribution in [0.1, 0.15) is 44.1 Å². The third kappa shape index (κ3) is 3.97. The smallest absolute Gasteiger partial charge is 0.408 e. The standard InChI is InChI=1S/C22H30FN3O3/c23-18-6-1-5-17(15-18)16-22(9-3-12-26(22)21(28)29)20(27)25-11-4-10-24(13-14-25)19-7-2-8-19/h1,5-6,15,19H,2-4,7-14,16H2,(H,28,29). The molecule has 1 saturated carbocycles. The number of carbonyl (C=O) groups excluding carboxylic acids is 1. The van der Waals surface area contributed by atoms with Crippen LogP contribution in [0.2, 0.25) is 0 Å². The van der Waals surface area contributed by atoms with Crippen LogP contribution in [0.3, 0.4) is 0 Å². The van der Waals surface area contributed by atoms with Gasteiger partial charge in [0.05, 0.1) is 0 Å². The SMILES string of the molecule is O=C(O)N1CCCC1(Cc1cccc(F)c1)C(=O)N1CCCN(C2CCC2)CC1. The summed E-state index contributed by atoms with van der Waals surface area (Å²) in [6.07, 6.45) is 4.96. The number of amides is 2. The molecule has 29 heavy (non-hydrogen) atoms. The van der Waals surface area contributed by atoms with Crippen molar-refractivity contribution in [1.29, 1.82) is 0 Å². The maximum Gasteiger partial charge on any atom is 0.408 e. The maximum absolute atomic E-state index is 13.8. The minimum absolute atomic E-state index is 0.114. The van der Waals surface area contributed by atoms with Crippen LogP contribution in [0.4, 0.5) is 9.18 Å². The molecule has 2 saturated heterocycles. The summed E-state index contributed by atoms with van der Waals surface area (Å²) in [6.45, 7) is 3.47. The van der Waals surface area contributed by atoms with E-state index in [0.717, 1.165) is 19.5 Å². The van der Waals surface area contributed by atoms with Gasteiger partial charge in [-0.25, -0.2) is 9.18 Å². The van der Waals surface area contributed by atoms with Crippen molar-refractivity contribution in [3.8, 4) is 0 Å². The lowest BCUT2D eigenvalue weighted by atomic mass is 9.86. The van der Waals surface area contributed by atoms with Crippen molar-refractivity contribution in [2.45, 2.75) is 56.5 Å². The molecule has 0 spiro atoms. The molecule has 1 unspecified atom stereocenters. The van der Waals surface area contributed by atoms with E-state index in [-0.39, 0.29) is 18.1 Å². The average Bonchev–Trinajstić information content (AvgIpc) is 2.92. The van der Waals surface area contributed by atoms with Gasteiger partial charge in [0.15, 0.2) is 0 Å². The number of likely N-dealkylation sites (tertiary alicyclic amines) is 1. The Labute approximate surface area is 171 Å². The van der Waals surface area contributed by atoms with Gasteiger partial charge in [-0.1, -0.05) is 18.6 Å². The molecule has 1 aromatic carbocycles. The van der Waals surface area contributed by atoms with E-state index in [1.165, 1.54) is 36.3 Å². The van der Waals surface area contributed by atoms with Gasteiger partial charge in [-0.15, -0.1) is 0 Å². The number of hydrogen-bond donors (Lipinski definition) is 1. The normalized spacial score (nSPS) is 26.2. The Kier molecular flexibility index (Phi) is 5.76. The maximum atomic E-state index is 13.8. The van der Waals surface area contributed by atoms with E-state index in [1.807, 2.05) is 4.90 Å². The van der Waals surface area contributed by atoms with Gasteiger partial charge in [-0.05, 0) is 49.8 Å². The van der Waals surface area contributed by atoms with Crippen molar-refractivity contribution in [2.24, 2.45) is 0 Å². The Morgan fingerprint density at radius 3 is 2.59 bits per heavy atom. The third-order valence-corrected chi connectivity index (χ3v) is 6.91. The monoisotopic (exact) mass is 403 g/mol. The fourth-order valence-corrected chi connectivity index (χ4v) is 5.18. The van der Waals surface area contributed by atoms with Crippen molar-refractivity contribution in [3.05, 3.63) is 35.6 Å². The Morgan fingerprint density at radius 1 is 1.07 bits per heavy atom. The van der Waals surface area contributed by atoms with Gasteiger partial charge in [0.1, 0.15) is 11.4 Å². The fraction of sp³-hybridized carbons (Fsp3) is 0.636. The summed E-state index contributed by atoms with van der Waals surface area (Å²) >= 11 is 0. The number of nitrogens with zero attached hydrogens (tertiary/aromatic N) is 3. The first kappa shape index (κ1) is 20.1. The van der Waals surface area contributed by atoms with Crippen LogP contribution in [0.15, 0.2) is 24.3 Å². The Hall–Kier alpha value is -2.15. The molecule has 2 amide bonds. The molecule has 4 rings (SSSR count). The second-order valence-corrected chi connectivity index (χ2v) is 8.64. The summed E-state index contributed by atoms with van der Waals surface area (Å²) in [6, 6.07) is 6.82.